The lowest BCUT2D eigenvalue weighted by atomic mass is 10.0. The standard InChI is InChI=1S/C13H24N4O2/c1-11(2)12(5-10-18)16-13(19)14-6-3-8-17-9-4-7-15-17/h4,7,9,11-12,18H,3,5-6,8,10H2,1-2H3,(H2,14,16,19). The van der Waals surface area contributed by atoms with E-state index in [9.17, 15) is 4.79 Å². The van der Waals surface area contributed by atoms with Gasteiger partial charge in [-0.05, 0) is 24.8 Å². The van der Waals surface area contributed by atoms with Crippen LogP contribution < -0.4 is 10.6 Å². The first kappa shape index (κ1) is 15.5. The summed E-state index contributed by atoms with van der Waals surface area (Å²) >= 11 is 0. The fourth-order valence-electron chi connectivity index (χ4n) is 1.81. The van der Waals surface area contributed by atoms with Crippen LogP contribution >= 0.6 is 0 Å². The van der Waals surface area contributed by atoms with Gasteiger partial charge in [0.15, 0.2) is 0 Å². The average Bonchev–Trinajstić information content (AvgIpc) is 2.87. The summed E-state index contributed by atoms with van der Waals surface area (Å²) in [6.45, 7) is 5.53. The highest BCUT2D eigenvalue weighted by molar-refractivity contribution is 5.74. The molecule has 0 fully saturated rings. The van der Waals surface area contributed by atoms with Gasteiger partial charge in [-0.3, -0.25) is 4.68 Å². The average molecular weight is 268 g/mol. The molecule has 0 aromatic carbocycles. The normalized spacial score (nSPS) is 12.4. The largest absolute Gasteiger partial charge is 0.396 e. The van der Waals surface area contributed by atoms with Crippen LogP contribution in [-0.4, -0.2) is 40.1 Å². The van der Waals surface area contributed by atoms with Crippen LogP contribution in [0.3, 0.4) is 0 Å². The summed E-state index contributed by atoms with van der Waals surface area (Å²) in [5, 5.41) is 18.7. The molecule has 0 saturated carbocycles. The summed E-state index contributed by atoms with van der Waals surface area (Å²) in [7, 11) is 0. The van der Waals surface area contributed by atoms with Crippen molar-refractivity contribution in [2.45, 2.75) is 39.3 Å². The number of rotatable bonds is 8. The van der Waals surface area contributed by atoms with Gasteiger partial charge in [0.1, 0.15) is 0 Å². The van der Waals surface area contributed by atoms with Crippen LogP contribution in [0.4, 0.5) is 4.79 Å². The molecule has 0 saturated heterocycles. The number of nitrogens with zero attached hydrogens (tertiary/aromatic N) is 2. The zero-order valence-electron chi connectivity index (χ0n) is 11.7. The summed E-state index contributed by atoms with van der Waals surface area (Å²) in [6, 6.07) is 1.71. The molecule has 2 amide bonds. The van der Waals surface area contributed by atoms with Crippen molar-refractivity contribution in [1.29, 1.82) is 0 Å². The predicted molar refractivity (Wildman–Crippen MR) is 73.7 cm³/mol. The van der Waals surface area contributed by atoms with Gasteiger partial charge in [-0.25, -0.2) is 4.79 Å². The van der Waals surface area contributed by atoms with Gasteiger partial charge in [-0.1, -0.05) is 13.8 Å². The smallest absolute Gasteiger partial charge is 0.315 e. The van der Waals surface area contributed by atoms with Gasteiger partial charge in [-0.2, -0.15) is 5.10 Å². The van der Waals surface area contributed by atoms with E-state index in [-0.39, 0.29) is 18.7 Å². The molecule has 0 spiro atoms. The van der Waals surface area contributed by atoms with Gasteiger partial charge >= 0.3 is 6.03 Å². The van der Waals surface area contributed by atoms with Crippen molar-refractivity contribution < 1.29 is 9.90 Å². The van der Waals surface area contributed by atoms with Crippen LogP contribution in [0, 0.1) is 5.92 Å². The van der Waals surface area contributed by atoms with E-state index in [2.05, 4.69) is 15.7 Å². The number of aliphatic hydroxyl groups excluding tert-OH is 1. The second-order valence-electron chi connectivity index (χ2n) is 4.89. The fourth-order valence-corrected chi connectivity index (χ4v) is 1.81. The summed E-state index contributed by atoms with van der Waals surface area (Å²) < 4.78 is 1.84. The lowest BCUT2D eigenvalue weighted by Crippen LogP contribution is -2.45. The zero-order chi connectivity index (χ0) is 14.1. The molecule has 1 rings (SSSR count). The molecule has 6 heteroatoms. The Labute approximate surface area is 114 Å². The Morgan fingerprint density at radius 1 is 1.47 bits per heavy atom. The number of amides is 2. The third kappa shape index (κ3) is 6.24. The highest BCUT2D eigenvalue weighted by Gasteiger charge is 2.14. The number of hydrogen-bond donors (Lipinski definition) is 3. The molecule has 108 valence electrons. The van der Waals surface area contributed by atoms with E-state index in [0.717, 1.165) is 13.0 Å². The van der Waals surface area contributed by atoms with Crippen molar-refractivity contribution in [3.8, 4) is 0 Å². The van der Waals surface area contributed by atoms with Crippen molar-refractivity contribution in [3.63, 3.8) is 0 Å². The van der Waals surface area contributed by atoms with E-state index in [1.807, 2.05) is 30.8 Å². The van der Waals surface area contributed by atoms with Gasteiger partial charge in [0, 0.05) is 38.1 Å². The van der Waals surface area contributed by atoms with Crippen LogP contribution in [0.25, 0.3) is 0 Å². The Bertz CT molecular complexity index is 352. The van der Waals surface area contributed by atoms with E-state index < -0.39 is 0 Å². The first-order valence-electron chi connectivity index (χ1n) is 6.76. The monoisotopic (exact) mass is 268 g/mol. The lowest BCUT2D eigenvalue weighted by molar-refractivity contribution is 0.218. The summed E-state index contributed by atoms with van der Waals surface area (Å²) in [5.41, 5.74) is 0. The number of carbonyl (C=O) groups is 1. The predicted octanol–water partition coefficient (Wildman–Crippen LogP) is 0.979. The van der Waals surface area contributed by atoms with Gasteiger partial charge in [-0.15, -0.1) is 0 Å². The van der Waals surface area contributed by atoms with E-state index >= 15 is 0 Å². The third-order valence-electron chi connectivity index (χ3n) is 2.97. The molecular weight excluding hydrogens is 244 g/mol. The lowest BCUT2D eigenvalue weighted by Gasteiger charge is -2.21. The number of nitrogens with one attached hydrogen (secondary N) is 2. The highest BCUT2D eigenvalue weighted by atomic mass is 16.3. The quantitative estimate of drug-likeness (QED) is 0.615. The number of aromatic nitrogens is 2. The molecule has 6 nitrogen and oxygen atoms in total. The number of aryl methyl sites for hydroxylation is 1. The van der Waals surface area contributed by atoms with Crippen LogP contribution in [0.1, 0.15) is 26.7 Å². The van der Waals surface area contributed by atoms with Crippen LogP contribution in [0.5, 0.6) is 0 Å². The fraction of sp³-hybridized carbons (Fsp3) is 0.692. The Hall–Kier alpha value is -1.56. The molecule has 19 heavy (non-hydrogen) atoms. The molecule has 1 heterocycles. The van der Waals surface area contributed by atoms with Gasteiger partial charge < -0.3 is 15.7 Å². The van der Waals surface area contributed by atoms with Crippen molar-refractivity contribution in [1.82, 2.24) is 20.4 Å². The van der Waals surface area contributed by atoms with Gasteiger partial charge in [0.05, 0.1) is 0 Å². The number of hydrogen-bond acceptors (Lipinski definition) is 3. The Balaban J connectivity index is 2.16. The summed E-state index contributed by atoms with van der Waals surface area (Å²) in [5.74, 6) is 0.307. The van der Waals surface area contributed by atoms with Crippen molar-refractivity contribution in [3.05, 3.63) is 18.5 Å². The zero-order valence-corrected chi connectivity index (χ0v) is 11.7. The van der Waals surface area contributed by atoms with Gasteiger partial charge in [0.25, 0.3) is 0 Å². The van der Waals surface area contributed by atoms with E-state index in [0.29, 0.717) is 18.9 Å². The second-order valence-corrected chi connectivity index (χ2v) is 4.89. The molecule has 1 unspecified atom stereocenters. The van der Waals surface area contributed by atoms with Crippen LogP contribution in [0.15, 0.2) is 18.5 Å². The third-order valence-corrected chi connectivity index (χ3v) is 2.97. The summed E-state index contributed by atoms with van der Waals surface area (Å²) in [4.78, 5) is 11.7. The maximum absolute atomic E-state index is 11.7. The highest BCUT2D eigenvalue weighted by Crippen LogP contribution is 2.04. The van der Waals surface area contributed by atoms with Crippen molar-refractivity contribution in [2.75, 3.05) is 13.2 Å². The Morgan fingerprint density at radius 3 is 2.84 bits per heavy atom. The SMILES string of the molecule is CC(C)C(CCO)NC(=O)NCCCn1cccn1. The summed E-state index contributed by atoms with van der Waals surface area (Å²) in [6.07, 6.45) is 5.05. The van der Waals surface area contributed by atoms with Crippen molar-refractivity contribution in [2.24, 2.45) is 5.92 Å². The first-order chi connectivity index (χ1) is 9.13. The second kappa shape index (κ2) is 8.53. The number of aliphatic hydroxyl groups is 1. The minimum Gasteiger partial charge on any atom is -0.396 e. The minimum absolute atomic E-state index is 0.0103. The molecule has 1 aromatic heterocycles. The van der Waals surface area contributed by atoms with Crippen molar-refractivity contribution >= 4 is 6.03 Å². The maximum atomic E-state index is 11.7. The van der Waals surface area contributed by atoms with E-state index in [1.54, 1.807) is 6.20 Å². The minimum atomic E-state index is -0.174. The molecule has 0 bridgehead atoms. The molecule has 0 aliphatic carbocycles. The topological polar surface area (TPSA) is 79.2 Å². The Morgan fingerprint density at radius 2 is 2.26 bits per heavy atom. The van der Waals surface area contributed by atoms with Crippen LogP contribution in [0.2, 0.25) is 0 Å². The molecule has 1 aromatic rings. The van der Waals surface area contributed by atoms with Crippen LogP contribution in [-0.2, 0) is 6.54 Å². The molecule has 1 atom stereocenters. The molecular formula is C13H24N4O2. The maximum Gasteiger partial charge on any atom is 0.315 e. The Kier molecular flexibility index (Phi) is 6.95. The molecule has 0 aliphatic heterocycles. The molecule has 0 radical (unpaired) electrons. The molecule has 0 aliphatic rings. The van der Waals surface area contributed by atoms with E-state index in [4.69, 9.17) is 5.11 Å². The van der Waals surface area contributed by atoms with Gasteiger partial charge in [0.2, 0.25) is 0 Å². The number of carbonyl (C=O) groups excluding carboxylic acids is 1. The molecule has 3 N–H and O–H groups in total. The van der Waals surface area contributed by atoms with E-state index in [1.165, 1.54) is 0 Å². The first-order valence-corrected chi connectivity index (χ1v) is 6.76. The number of urea groups is 1.